The lowest BCUT2D eigenvalue weighted by Gasteiger charge is -2.27. The maximum Gasteiger partial charge on any atom is 0.303 e. The summed E-state index contributed by atoms with van der Waals surface area (Å²) >= 11 is 0. The van der Waals surface area contributed by atoms with Crippen LogP contribution in [0, 0.1) is 0 Å². The van der Waals surface area contributed by atoms with Gasteiger partial charge in [-0.15, -0.1) is 0 Å². The van der Waals surface area contributed by atoms with Gasteiger partial charge in [0.1, 0.15) is 6.04 Å². The fraction of sp³-hybridized carbons (Fsp3) is 0.0312. The number of nitrogens with zero attached hydrogens (tertiary/aromatic N) is 2. The second-order valence-corrected chi connectivity index (χ2v) is 8.83. The van der Waals surface area contributed by atoms with Crippen LogP contribution < -0.4 is 9.64 Å². The molecule has 0 aliphatic carbocycles. The number of hydrogen-bond donors (Lipinski definition) is 0. The Labute approximate surface area is 204 Å². The standard InChI is InChI=1S/C32H22N2O/c1-2-10-25(11-3-1)30-21-28(33-32-34(30)29-15-6-7-16-31(29)35-32)24-19-17-23(18-20-24)27-14-8-12-22-9-4-5-13-26(22)27/h1-21,28H. The van der Waals surface area contributed by atoms with Gasteiger partial charge in [-0.05, 0) is 51.2 Å². The third-order valence-corrected chi connectivity index (χ3v) is 6.73. The number of amidine groups is 1. The molecule has 7 rings (SSSR count). The molecule has 0 N–H and O–H groups in total. The summed E-state index contributed by atoms with van der Waals surface area (Å²) in [5.74, 6) is 0.833. The predicted molar refractivity (Wildman–Crippen MR) is 144 cm³/mol. The normalized spacial score (nSPS) is 16.2. The van der Waals surface area contributed by atoms with Gasteiger partial charge in [0, 0.05) is 0 Å². The summed E-state index contributed by atoms with van der Waals surface area (Å²) in [6, 6.07) is 42.8. The summed E-state index contributed by atoms with van der Waals surface area (Å²) < 4.78 is 6.19. The van der Waals surface area contributed by atoms with Gasteiger partial charge in [0.05, 0.1) is 11.4 Å². The Morgan fingerprint density at radius 2 is 1.37 bits per heavy atom. The van der Waals surface area contributed by atoms with Gasteiger partial charge in [0.2, 0.25) is 0 Å². The summed E-state index contributed by atoms with van der Waals surface area (Å²) in [6.45, 7) is 0. The largest absolute Gasteiger partial charge is 0.423 e. The summed E-state index contributed by atoms with van der Waals surface area (Å²) in [5, 5.41) is 2.51. The maximum atomic E-state index is 6.19. The number of fused-ring (bicyclic) bond motifs is 4. The average molecular weight is 451 g/mol. The lowest BCUT2D eigenvalue weighted by Crippen LogP contribution is -2.31. The van der Waals surface area contributed by atoms with Crippen LogP contribution in [0.25, 0.3) is 27.6 Å². The summed E-state index contributed by atoms with van der Waals surface area (Å²) in [7, 11) is 0. The van der Waals surface area contributed by atoms with Crippen molar-refractivity contribution in [1.29, 1.82) is 0 Å². The number of para-hydroxylation sites is 2. The fourth-order valence-corrected chi connectivity index (χ4v) is 5.01. The molecule has 166 valence electrons. The predicted octanol–water partition coefficient (Wildman–Crippen LogP) is 7.86. The third-order valence-electron chi connectivity index (χ3n) is 6.73. The smallest absolute Gasteiger partial charge is 0.303 e. The molecule has 5 aromatic rings. The first-order valence-electron chi connectivity index (χ1n) is 11.9. The van der Waals surface area contributed by atoms with E-state index in [0.29, 0.717) is 6.02 Å². The number of benzene rings is 5. The van der Waals surface area contributed by atoms with Crippen LogP contribution >= 0.6 is 0 Å². The highest BCUT2D eigenvalue weighted by atomic mass is 16.5. The zero-order chi connectivity index (χ0) is 23.2. The number of rotatable bonds is 3. The van der Waals surface area contributed by atoms with Crippen LogP contribution in [0.2, 0.25) is 0 Å². The number of hydrogen-bond acceptors (Lipinski definition) is 3. The first-order valence-corrected chi connectivity index (χ1v) is 11.9. The van der Waals surface area contributed by atoms with E-state index in [1.54, 1.807) is 0 Å². The Bertz CT molecular complexity index is 1610. The Hall–Kier alpha value is -4.63. The van der Waals surface area contributed by atoms with Crippen LogP contribution in [0.15, 0.2) is 132 Å². The maximum absolute atomic E-state index is 6.19. The van der Waals surface area contributed by atoms with Crippen molar-refractivity contribution in [2.24, 2.45) is 4.99 Å². The van der Waals surface area contributed by atoms with E-state index in [1.807, 2.05) is 24.3 Å². The second-order valence-electron chi connectivity index (χ2n) is 8.83. The monoisotopic (exact) mass is 450 g/mol. The minimum Gasteiger partial charge on any atom is -0.423 e. The molecule has 0 saturated carbocycles. The Morgan fingerprint density at radius 3 is 2.26 bits per heavy atom. The highest BCUT2D eigenvalue weighted by molar-refractivity contribution is 6.12. The zero-order valence-electron chi connectivity index (χ0n) is 19.0. The van der Waals surface area contributed by atoms with Crippen LogP contribution in [0.4, 0.5) is 5.69 Å². The van der Waals surface area contributed by atoms with Crippen molar-refractivity contribution in [1.82, 2.24) is 0 Å². The minimum absolute atomic E-state index is 0.132. The highest BCUT2D eigenvalue weighted by Crippen LogP contribution is 2.44. The first kappa shape index (κ1) is 19.8. The molecule has 0 radical (unpaired) electrons. The van der Waals surface area contributed by atoms with E-state index in [4.69, 9.17) is 9.73 Å². The molecule has 35 heavy (non-hydrogen) atoms. The number of ether oxygens (including phenoxy) is 1. The molecule has 5 aromatic carbocycles. The van der Waals surface area contributed by atoms with Gasteiger partial charge < -0.3 is 4.74 Å². The lowest BCUT2D eigenvalue weighted by molar-refractivity contribution is 0.556. The van der Waals surface area contributed by atoms with Gasteiger partial charge in [-0.1, -0.05) is 109 Å². The van der Waals surface area contributed by atoms with E-state index in [0.717, 1.165) is 28.3 Å². The van der Waals surface area contributed by atoms with Crippen molar-refractivity contribution in [3.63, 3.8) is 0 Å². The van der Waals surface area contributed by atoms with E-state index in [9.17, 15) is 0 Å². The minimum atomic E-state index is -0.132. The molecule has 0 spiro atoms. The van der Waals surface area contributed by atoms with Gasteiger partial charge in [-0.25, -0.2) is 4.99 Å². The molecule has 1 atom stereocenters. The molecule has 0 bridgehead atoms. The number of aliphatic imine (C=N–C) groups is 1. The molecule has 2 aliphatic rings. The van der Waals surface area contributed by atoms with E-state index in [1.165, 1.54) is 21.9 Å². The summed E-state index contributed by atoms with van der Waals surface area (Å²) in [5.41, 5.74) is 6.82. The van der Waals surface area contributed by atoms with Crippen molar-refractivity contribution in [3.05, 3.63) is 139 Å². The summed E-state index contributed by atoms with van der Waals surface area (Å²) in [4.78, 5) is 7.12. The fourth-order valence-electron chi connectivity index (χ4n) is 5.01. The molecule has 1 unspecified atom stereocenters. The number of anilines is 1. The Kier molecular flexibility index (Phi) is 4.52. The average Bonchev–Trinajstić information content (AvgIpc) is 3.31. The Morgan fingerprint density at radius 1 is 0.629 bits per heavy atom. The van der Waals surface area contributed by atoms with Crippen LogP contribution in [0.3, 0.4) is 0 Å². The van der Waals surface area contributed by atoms with Gasteiger partial charge in [0.15, 0.2) is 5.75 Å². The van der Waals surface area contributed by atoms with Crippen molar-refractivity contribution in [2.75, 3.05) is 4.90 Å². The third kappa shape index (κ3) is 3.32. The molecule has 0 amide bonds. The summed E-state index contributed by atoms with van der Waals surface area (Å²) in [6.07, 6.45) is 2.23. The van der Waals surface area contributed by atoms with Crippen LogP contribution in [-0.2, 0) is 0 Å². The molecule has 3 heteroatoms. The van der Waals surface area contributed by atoms with Crippen molar-refractivity contribution in [2.45, 2.75) is 6.04 Å². The molecule has 2 aliphatic heterocycles. The van der Waals surface area contributed by atoms with E-state index < -0.39 is 0 Å². The molecule has 0 fully saturated rings. The zero-order valence-corrected chi connectivity index (χ0v) is 19.0. The molecular formula is C32H22N2O. The van der Waals surface area contributed by atoms with E-state index >= 15 is 0 Å². The molecule has 2 heterocycles. The topological polar surface area (TPSA) is 24.8 Å². The van der Waals surface area contributed by atoms with E-state index in [2.05, 4.69) is 108 Å². The lowest BCUT2D eigenvalue weighted by atomic mass is 9.95. The van der Waals surface area contributed by atoms with Gasteiger partial charge >= 0.3 is 6.02 Å². The first-order chi connectivity index (χ1) is 17.3. The van der Waals surface area contributed by atoms with Gasteiger partial charge in [-0.3, -0.25) is 4.90 Å². The van der Waals surface area contributed by atoms with Crippen molar-refractivity contribution < 1.29 is 4.74 Å². The van der Waals surface area contributed by atoms with Crippen molar-refractivity contribution >= 4 is 28.2 Å². The molecule has 0 saturated heterocycles. The molecule has 0 aromatic heterocycles. The molecule has 3 nitrogen and oxygen atoms in total. The quantitative estimate of drug-likeness (QED) is 0.279. The second kappa shape index (κ2) is 8.00. The SMILES string of the molecule is C1=C(c2ccccc2)N2C(=NC1c1ccc(-c3cccc4ccccc34)cc1)Oc1ccccc12. The van der Waals surface area contributed by atoms with Gasteiger partial charge in [0.25, 0.3) is 0 Å². The van der Waals surface area contributed by atoms with Crippen molar-refractivity contribution in [3.8, 4) is 16.9 Å². The van der Waals surface area contributed by atoms with Crippen LogP contribution in [0.5, 0.6) is 5.75 Å². The van der Waals surface area contributed by atoms with Crippen LogP contribution in [-0.4, -0.2) is 6.02 Å². The van der Waals surface area contributed by atoms with E-state index in [-0.39, 0.29) is 6.04 Å². The Balaban J connectivity index is 1.30. The van der Waals surface area contributed by atoms with Crippen LogP contribution in [0.1, 0.15) is 17.2 Å². The van der Waals surface area contributed by atoms with Gasteiger partial charge in [-0.2, -0.15) is 0 Å². The molecular weight excluding hydrogens is 428 g/mol. The highest BCUT2D eigenvalue weighted by Gasteiger charge is 2.35.